The Morgan fingerprint density at radius 1 is 1.29 bits per heavy atom. The summed E-state index contributed by atoms with van der Waals surface area (Å²) in [6, 6.07) is 1.36. The maximum absolute atomic E-state index is 11.7. The molecular formula is C15H17N3O4S2. The SMILES string of the molecule is CCCNC(=O)NC(=O)COC(=O)Cc1csc(-c2ccsc2)n1. The number of amides is 3. The third-order valence-electron chi connectivity index (χ3n) is 2.80. The standard InChI is InChI=1S/C15H17N3O4S2/c1-2-4-16-15(21)18-12(19)7-22-13(20)6-11-9-24-14(17-11)10-3-5-23-8-10/h3,5,8-9H,2,4,6-7H2,1H3,(H2,16,18,19,21). The summed E-state index contributed by atoms with van der Waals surface area (Å²) >= 11 is 3.02. The molecule has 24 heavy (non-hydrogen) atoms. The summed E-state index contributed by atoms with van der Waals surface area (Å²) in [7, 11) is 0. The van der Waals surface area contributed by atoms with Crippen molar-refractivity contribution in [2.24, 2.45) is 0 Å². The zero-order chi connectivity index (χ0) is 17.4. The molecule has 0 aliphatic heterocycles. The summed E-state index contributed by atoms with van der Waals surface area (Å²) < 4.78 is 4.85. The predicted molar refractivity (Wildman–Crippen MR) is 91.9 cm³/mol. The number of urea groups is 1. The Kier molecular flexibility index (Phi) is 6.89. The van der Waals surface area contributed by atoms with Gasteiger partial charge in [0.25, 0.3) is 5.91 Å². The number of hydrogen-bond acceptors (Lipinski definition) is 7. The molecule has 0 fully saturated rings. The van der Waals surface area contributed by atoms with Crippen LogP contribution in [-0.2, 0) is 20.7 Å². The molecule has 0 radical (unpaired) electrons. The van der Waals surface area contributed by atoms with Gasteiger partial charge in [-0.1, -0.05) is 6.92 Å². The molecule has 128 valence electrons. The fraction of sp³-hybridized carbons (Fsp3) is 0.333. The molecule has 0 spiro atoms. The van der Waals surface area contributed by atoms with Gasteiger partial charge >= 0.3 is 12.0 Å². The molecule has 9 heteroatoms. The van der Waals surface area contributed by atoms with Gasteiger partial charge in [0.1, 0.15) is 5.01 Å². The van der Waals surface area contributed by atoms with Crippen LogP contribution in [0.4, 0.5) is 4.79 Å². The molecule has 0 aliphatic rings. The van der Waals surface area contributed by atoms with Crippen molar-refractivity contribution >= 4 is 40.6 Å². The van der Waals surface area contributed by atoms with Crippen LogP contribution in [0.15, 0.2) is 22.2 Å². The van der Waals surface area contributed by atoms with Gasteiger partial charge in [-0.2, -0.15) is 11.3 Å². The fourth-order valence-corrected chi connectivity index (χ4v) is 3.23. The van der Waals surface area contributed by atoms with E-state index in [-0.39, 0.29) is 6.42 Å². The number of hydrogen-bond donors (Lipinski definition) is 2. The summed E-state index contributed by atoms with van der Waals surface area (Å²) in [6.45, 7) is 1.86. The van der Waals surface area contributed by atoms with Crippen molar-refractivity contribution in [3.8, 4) is 10.6 Å². The minimum atomic E-state index is -0.672. The Bertz CT molecular complexity index is 697. The van der Waals surface area contributed by atoms with Crippen LogP contribution in [0.5, 0.6) is 0 Å². The number of nitrogens with one attached hydrogen (secondary N) is 2. The van der Waals surface area contributed by atoms with E-state index in [4.69, 9.17) is 4.74 Å². The van der Waals surface area contributed by atoms with Crippen LogP contribution in [0, 0.1) is 0 Å². The van der Waals surface area contributed by atoms with Crippen LogP contribution in [0.1, 0.15) is 19.0 Å². The topological polar surface area (TPSA) is 97.4 Å². The number of rotatable bonds is 7. The van der Waals surface area contributed by atoms with Crippen molar-refractivity contribution in [2.75, 3.05) is 13.2 Å². The molecule has 0 saturated heterocycles. The van der Waals surface area contributed by atoms with E-state index in [0.29, 0.717) is 12.2 Å². The second-order valence-corrected chi connectivity index (χ2v) is 6.44. The molecule has 0 saturated carbocycles. The van der Waals surface area contributed by atoms with E-state index in [1.165, 1.54) is 11.3 Å². The highest BCUT2D eigenvalue weighted by molar-refractivity contribution is 7.14. The lowest BCUT2D eigenvalue weighted by Gasteiger charge is -2.06. The van der Waals surface area contributed by atoms with Crippen molar-refractivity contribution in [1.82, 2.24) is 15.6 Å². The summed E-state index contributed by atoms with van der Waals surface area (Å²) in [5.74, 6) is -1.24. The first-order chi connectivity index (χ1) is 11.6. The molecule has 0 bridgehead atoms. The van der Waals surface area contributed by atoms with E-state index in [0.717, 1.165) is 17.0 Å². The highest BCUT2D eigenvalue weighted by atomic mass is 32.1. The highest BCUT2D eigenvalue weighted by Crippen LogP contribution is 2.25. The monoisotopic (exact) mass is 367 g/mol. The predicted octanol–water partition coefficient (Wildman–Crippen LogP) is 2.19. The fourth-order valence-electron chi connectivity index (χ4n) is 1.70. The van der Waals surface area contributed by atoms with Crippen LogP contribution in [0.3, 0.4) is 0 Å². The van der Waals surface area contributed by atoms with Crippen molar-refractivity contribution in [2.45, 2.75) is 19.8 Å². The molecule has 0 aromatic carbocycles. The highest BCUT2D eigenvalue weighted by Gasteiger charge is 2.13. The van der Waals surface area contributed by atoms with Gasteiger partial charge in [0.15, 0.2) is 6.61 Å². The van der Waals surface area contributed by atoms with Crippen LogP contribution < -0.4 is 10.6 Å². The van der Waals surface area contributed by atoms with E-state index in [1.807, 2.05) is 23.8 Å². The van der Waals surface area contributed by atoms with Crippen LogP contribution in [-0.4, -0.2) is 36.0 Å². The Hall–Kier alpha value is -2.26. The Morgan fingerprint density at radius 3 is 2.83 bits per heavy atom. The molecule has 7 nitrogen and oxygen atoms in total. The number of ether oxygens (including phenoxy) is 1. The van der Waals surface area contributed by atoms with Gasteiger partial charge in [0.05, 0.1) is 12.1 Å². The summed E-state index contributed by atoms with van der Waals surface area (Å²) in [5, 5.41) is 11.1. The lowest BCUT2D eigenvalue weighted by molar-refractivity contribution is -0.147. The van der Waals surface area contributed by atoms with Crippen molar-refractivity contribution in [3.63, 3.8) is 0 Å². The van der Waals surface area contributed by atoms with Crippen LogP contribution in [0.2, 0.25) is 0 Å². The maximum atomic E-state index is 11.7. The maximum Gasteiger partial charge on any atom is 0.321 e. The minimum Gasteiger partial charge on any atom is -0.455 e. The lowest BCUT2D eigenvalue weighted by Crippen LogP contribution is -2.41. The Balaban J connectivity index is 1.73. The number of thiophene rings is 1. The van der Waals surface area contributed by atoms with Gasteiger partial charge in [-0.05, 0) is 17.9 Å². The van der Waals surface area contributed by atoms with E-state index in [2.05, 4.69) is 15.6 Å². The zero-order valence-electron chi connectivity index (χ0n) is 13.0. The normalized spacial score (nSPS) is 10.2. The van der Waals surface area contributed by atoms with E-state index in [9.17, 15) is 14.4 Å². The third kappa shape index (κ3) is 5.74. The first-order valence-electron chi connectivity index (χ1n) is 7.28. The third-order valence-corrected chi connectivity index (χ3v) is 4.42. The first-order valence-corrected chi connectivity index (χ1v) is 9.11. The minimum absolute atomic E-state index is 0.0179. The number of carbonyl (C=O) groups excluding carboxylic acids is 3. The van der Waals surface area contributed by atoms with Crippen molar-refractivity contribution in [1.29, 1.82) is 0 Å². The largest absolute Gasteiger partial charge is 0.455 e. The molecule has 2 N–H and O–H groups in total. The van der Waals surface area contributed by atoms with Crippen LogP contribution >= 0.6 is 22.7 Å². The number of imide groups is 1. The molecule has 0 aliphatic carbocycles. The zero-order valence-corrected chi connectivity index (χ0v) is 14.7. The number of thiazole rings is 1. The van der Waals surface area contributed by atoms with Gasteiger partial charge in [-0.25, -0.2) is 9.78 Å². The molecule has 3 amide bonds. The number of carbonyl (C=O) groups is 3. The Labute approximate surface area is 147 Å². The van der Waals surface area contributed by atoms with Gasteiger partial charge in [0, 0.05) is 22.9 Å². The van der Waals surface area contributed by atoms with E-state index < -0.39 is 24.5 Å². The van der Waals surface area contributed by atoms with Crippen molar-refractivity contribution < 1.29 is 19.1 Å². The van der Waals surface area contributed by atoms with Gasteiger partial charge in [0.2, 0.25) is 0 Å². The summed E-state index contributed by atoms with van der Waals surface area (Å²) in [4.78, 5) is 38.8. The molecular weight excluding hydrogens is 350 g/mol. The molecule has 2 rings (SSSR count). The number of esters is 1. The van der Waals surface area contributed by atoms with Crippen molar-refractivity contribution in [3.05, 3.63) is 27.9 Å². The number of nitrogens with zero attached hydrogens (tertiary/aromatic N) is 1. The quantitative estimate of drug-likeness (QED) is 0.731. The average Bonchev–Trinajstić information content (AvgIpc) is 3.22. The second kappa shape index (κ2) is 9.14. The second-order valence-electron chi connectivity index (χ2n) is 4.80. The lowest BCUT2D eigenvalue weighted by atomic mass is 10.3. The van der Waals surface area contributed by atoms with E-state index in [1.54, 1.807) is 16.7 Å². The van der Waals surface area contributed by atoms with Gasteiger partial charge < -0.3 is 10.1 Å². The molecule has 2 aromatic rings. The van der Waals surface area contributed by atoms with E-state index >= 15 is 0 Å². The molecule has 2 heterocycles. The average molecular weight is 367 g/mol. The van der Waals surface area contributed by atoms with Crippen LogP contribution in [0.25, 0.3) is 10.6 Å². The molecule has 2 aromatic heterocycles. The van der Waals surface area contributed by atoms with Gasteiger partial charge in [-0.3, -0.25) is 14.9 Å². The molecule has 0 atom stereocenters. The summed E-state index contributed by atoms with van der Waals surface area (Å²) in [6.07, 6.45) is 0.744. The number of aromatic nitrogens is 1. The van der Waals surface area contributed by atoms with Gasteiger partial charge in [-0.15, -0.1) is 11.3 Å². The smallest absolute Gasteiger partial charge is 0.321 e. The Morgan fingerprint density at radius 2 is 2.12 bits per heavy atom. The first kappa shape index (κ1) is 18.1. The molecule has 0 unspecified atom stereocenters. The summed E-state index contributed by atoms with van der Waals surface area (Å²) in [5.41, 5.74) is 1.61.